The van der Waals surface area contributed by atoms with Crippen molar-refractivity contribution >= 4 is 11.6 Å². The maximum atomic E-state index is 10.2. The summed E-state index contributed by atoms with van der Waals surface area (Å²) in [6.45, 7) is 6.89. The number of nitrogens with zero attached hydrogens (tertiary/aromatic N) is 2. The van der Waals surface area contributed by atoms with Crippen LogP contribution in [0.1, 0.15) is 45.6 Å². The zero-order valence-electron chi connectivity index (χ0n) is 13.1. The van der Waals surface area contributed by atoms with Crippen LogP contribution < -0.4 is 10.6 Å². The van der Waals surface area contributed by atoms with Crippen LogP contribution in [0.2, 0.25) is 0 Å². The zero-order valence-corrected chi connectivity index (χ0v) is 13.1. The Bertz CT molecular complexity index is 393. The van der Waals surface area contributed by atoms with E-state index >= 15 is 0 Å². The van der Waals surface area contributed by atoms with Gasteiger partial charge in [-0.05, 0) is 12.3 Å². The van der Waals surface area contributed by atoms with Crippen LogP contribution in [-0.4, -0.2) is 34.8 Å². The van der Waals surface area contributed by atoms with Gasteiger partial charge >= 0.3 is 0 Å². The summed E-state index contributed by atoms with van der Waals surface area (Å²) in [5.41, 5.74) is 1.09. The van der Waals surface area contributed by atoms with Crippen LogP contribution in [-0.2, 0) is 6.42 Å². The number of hydrogen-bond acceptors (Lipinski definition) is 5. The lowest BCUT2D eigenvalue weighted by Gasteiger charge is -2.21. The first-order valence-corrected chi connectivity index (χ1v) is 7.61. The van der Waals surface area contributed by atoms with Crippen molar-refractivity contribution in [1.29, 1.82) is 0 Å². The molecule has 1 unspecified atom stereocenters. The van der Waals surface area contributed by atoms with Gasteiger partial charge in [0.1, 0.15) is 18.0 Å². The Balaban J connectivity index is 2.76. The molecule has 0 aliphatic carbocycles. The van der Waals surface area contributed by atoms with Crippen molar-refractivity contribution in [1.82, 2.24) is 9.97 Å². The molecule has 1 aromatic rings. The molecule has 5 nitrogen and oxygen atoms in total. The van der Waals surface area contributed by atoms with E-state index in [1.807, 2.05) is 7.05 Å². The third kappa shape index (κ3) is 4.34. The van der Waals surface area contributed by atoms with Gasteiger partial charge in [-0.25, -0.2) is 9.97 Å². The van der Waals surface area contributed by atoms with Crippen molar-refractivity contribution in [3.63, 3.8) is 0 Å². The molecular formula is C15H28N4O. The van der Waals surface area contributed by atoms with Gasteiger partial charge in [-0.15, -0.1) is 0 Å². The molecule has 0 aliphatic rings. The van der Waals surface area contributed by atoms with Gasteiger partial charge in [0.25, 0.3) is 0 Å². The molecule has 0 radical (unpaired) electrons. The van der Waals surface area contributed by atoms with Crippen molar-refractivity contribution in [2.75, 3.05) is 24.2 Å². The third-order valence-corrected chi connectivity index (χ3v) is 3.75. The van der Waals surface area contributed by atoms with E-state index in [-0.39, 0.29) is 6.10 Å². The summed E-state index contributed by atoms with van der Waals surface area (Å²) in [7, 11) is 1.87. The van der Waals surface area contributed by atoms with Crippen LogP contribution >= 0.6 is 0 Å². The van der Waals surface area contributed by atoms with Gasteiger partial charge in [-0.1, -0.05) is 40.0 Å². The molecule has 1 heterocycles. The quantitative estimate of drug-likeness (QED) is 0.649. The minimum Gasteiger partial charge on any atom is -0.391 e. The van der Waals surface area contributed by atoms with Crippen LogP contribution in [0.3, 0.4) is 0 Å². The second kappa shape index (κ2) is 8.74. The minimum absolute atomic E-state index is 0.336. The normalized spacial score (nSPS) is 12.5. The van der Waals surface area contributed by atoms with E-state index in [0.29, 0.717) is 12.5 Å². The second-order valence-electron chi connectivity index (χ2n) is 5.07. The number of hydrogen-bond donors (Lipinski definition) is 3. The molecule has 1 rings (SSSR count). The summed E-state index contributed by atoms with van der Waals surface area (Å²) in [6, 6.07) is 0. The molecule has 0 fully saturated rings. The zero-order chi connectivity index (χ0) is 15.0. The average Bonchev–Trinajstić information content (AvgIpc) is 2.47. The Hall–Kier alpha value is -1.36. The lowest BCUT2D eigenvalue weighted by molar-refractivity contribution is 0.114. The summed E-state index contributed by atoms with van der Waals surface area (Å²) in [6.07, 6.45) is 5.15. The van der Waals surface area contributed by atoms with Crippen molar-refractivity contribution in [2.45, 2.75) is 52.6 Å². The molecule has 114 valence electrons. The van der Waals surface area contributed by atoms with Crippen LogP contribution in [0.5, 0.6) is 0 Å². The van der Waals surface area contributed by atoms with Crippen molar-refractivity contribution < 1.29 is 5.11 Å². The lowest BCUT2D eigenvalue weighted by Crippen LogP contribution is -2.28. The molecule has 0 amide bonds. The van der Waals surface area contributed by atoms with Crippen LogP contribution in [0, 0.1) is 5.92 Å². The standard InChI is InChI=1S/C15H28N4O/c1-5-8-12-14(16-4)18-10-19-15(12)17-9-13(20)11(6-2)7-3/h10-11,13,20H,5-9H2,1-4H3,(H2,16,17,18,19). The third-order valence-electron chi connectivity index (χ3n) is 3.75. The summed E-state index contributed by atoms with van der Waals surface area (Å²) >= 11 is 0. The summed E-state index contributed by atoms with van der Waals surface area (Å²) < 4.78 is 0. The summed E-state index contributed by atoms with van der Waals surface area (Å²) in [5.74, 6) is 2.03. The number of rotatable bonds is 9. The predicted octanol–water partition coefficient (Wildman–Crippen LogP) is 2.68. The fraction of sp³-hybridized carbons (Fsp3) is 0.733. The smallest absolute Gasteiger partial charge is 0.134 e. The molecule has 1 aromatic heterocycles. The first-order chi connectivity index (χ1) is 9.67. The predicted molar refractivity (Wildman–Crippen MR) is 84.1 cm³/mol. The summed E-state index contributed by atoms with van der Waals surface area (Å²) in [4.78, 5) is 8.56. The Morgan fingerprint density at radius 2 is 1.80 bits per heavy atom. The Morgan fingerprint density at radius 3 is 2.35 bits per heavy atom. The van der Waals surface area contributed by atoms with E-state index in [0.717, 1.165) is 42.9 Å². The first-order valence-electron chi connectivity index (χ1n) is 7.61. The molecule has 20 heavy (non-hydrogen) atoms. The highest BCUT2D eigenvalue weighted by Gasteiger charge is 2.16. The number of aliphatic hydroxyl groups excluding tert-OH is 1. The van der Waals surface area contributed by atoms with Crippen molar-refractivity contribution in [3.8, 4) is 0 Å². The molecule has 0 aromatic carbocycles. The fourth-order valence-corrected chi connectivity index (χ4v) is 2.47. The monoisotopic (exact) mass is 280 g/mol. The molecule has 0 bridgehead atoms. The van der Waals surface area contributed by atoms with E-state index in [2.05, 4.69) is 41.4 Å². The Labute approximate surface area is 122 Å². The van der Waals surface area contributed by atoms with Gasteiger partial charge in [0.15, 0.2) is 0 Å². The number of nitrogens with one attached hydrogen (secondary N) is 2. The van der Waals surface area contributed by atoms with Crippen molar-refractivity contribution in [2.24, 2.45) is 5.92 Å². The van der Waals surface area contributed by atoms with Gasteiger partial charge < -0.3 is 15.7 Å². The molecule has 5 heteroatoms. The largest absolute Gasteiger partial charge is 0.391 e. The molecule has 0 saturated heterocycles. The topological polar surface area (TPSA) is 70.1 Å². The van der Waals surface area contributed by atoms with E-state index in [9.17, 15) is 5.11 Å². The van der Waals surface area contributed by atoms with Gasteiger partial charge in [-0.2, -0.15) is 0 Å². The highest BCUT2D eigenvalue weighted by Crippen LogP contribution is 2.22. The Kier molecular flexibility index (Phi) is 7.30. The SMILES string of the molecule is CCCc1c(NC)ncnc1NCC(O)C(CC)CC. The number of anilines is 2. The number of aromatic nitrogens is 2. The van der Waals surface area contributed by atoms with Crippen molar-refractivity contribution in [3.05, 3.63) is 11.9 Å². The molecular weight excluding hydrogens is 252 g/mol. The lowest BCUT2D eigenvalue weighted by atomic mass is 9.96. The fourth-order valence-electron chi connectivity index (χ4n) is 2.47. The molecule has 1 atom stereocenters. The van der Waals surface area contributed by atoms with Gasteiger partial charge in [0, 0.05) is 19.2 Å². The van der Waals surface area contributed by atoms with Crippen LogP contribution in [0.4, 0.5) is 11.6 Å². The van der Waals surface area contributed by atoms with E-state index in [1.54, 1.807) is 6.33 Å². The van der Waals surface area contributed by atoms with Crippen LogP contribution in [0.25, 0.3) is 0 Å². The van der Waals surface area contributed by atoms with E-state index in [1.165, 1.54) is 0 Å². The second-order valence-corrected chi connectivity index (χ2v) is 5.07. The van der Waals surface area contributed by atoms with Gasteiger partial charge in [0.05, 0.1) is 6.10 Å². The highest BCUT2D eigenvalue weighted by atomic mass is 16.3. The van der Waals surface area contributed by atoms with E-state index < -0.39 is 0 Å². The van der Waals surface area contributed by atoms with Crippen LogP contribution in [0.15, 0.2) is 6.33 Å². The van der Waals surface area contributed by atoms with E-state index in [4.69, 9.17) is 0 Å². The number of aliphatic hydroxyl groups is 1. The highest BCUT2D eigenvalue weighted by molar-refractivity contribution is 5.57. The molecule has 0 spiro atoms. The summed E-state index contributed by atoms with van der Waals surface area (Å²) in [5, 5.41) is 16.6. The minimum atomic E-state index is -0.340. The molecule has 0 saturated carbocycles. The maximum Gasteiger partial charge on any atom is 0.134 e. The van der Waals surface area contributed by atoms with Gasteiger partial charge in [0.2, 0.25) is 0 Å². The maximum absolute atomic E-state index is 10.2. The Morgan fingerprint density at radius 1 is 1.15 bits per heavy atom. The molecule has 0 aliphatic heterocycles. The molecule has 3 N–H and O–H groups in total. The first kappa shape index (κ1) is 16.7. The average molecular weight is 280 g/mol. The van der Waals surface area contributed by atoms with Gasteiger partial charge in [-0.3, -0.25) is 0 Å².